The van der Waals surface area contributed by atoms with E-state index in [9.17, 15) is 18.0 Å². The number of alkyl halides is 3. The lowest BCUT2D eigenvalue weighted by Crippen LogP contribution is -2.31. The molecule has 0 spiro atoms. The first-order valence-electron chi connectivity index (χ1n) is 11.9. The highest BCUT2D eigenvalue weighted by Gasteiger charge is 2.38. The van der Waals surface area contributed by atoms with Gasteiger partial charge in [-0.1, -0.05) is 55.5 Å². The van der Waals surface area contributed by atoms with Crippen LogP contribution in [0.25, 0.3) is 16.9 Å². The number of benzene rings is 2. The van der Waals surface area contributed by atoms with E-state index < -0.39 is 17.8 Å². The fourth-order valence-electron chi connectivity index (χ4n) is 4.21. The van der Waals surface area contributed by atoms with Gasteiger partial charge in [0.15, 0.2) is 5.69 Å². The van der Waals surface area contributed by atoms with Crippen molar-refractivity contribution in [2.24, 2.45) is 5.92 Å². The molecule has 6 nitrogen and oxygen atoms in total. The molecule has 36 heavy (non-hydrogen) atoms. The van der Waals surface area contributed by atoms with E-state index in [0.717, 1.165) is 41.4 Å². The third kappa shape index (κ3) is 5.19. The Morgan fingerprint density at radius 1 is 1.06 bits per heavy atom. The van der Waals surface area contributed by atoms with Gasteiger partial charge in [-0.25, -0.2) is 4.68 Å². The van der Waals surface area contributed by atoms with E-state index in [-0.39, 0.29) is 24.9 Å². The third-order valence-electron chi connectivity index (χ3n) is 6.30. The Morgan fingerprint density at radius 3 is 2.36 bits per heavy atom. The van der Waals surface area contributed by atoms with Crippen LogP contribution in [0, 0.1) is 5.92 Å². The van der Waals surface area contributed by atoms with Gasteiger partial charge in [0.2, 0.25) is 5.91 Å². The smallest absolute Gasteiger partial charge is 0.352 e. The molecule has 1 unspecified atom stereocenters. The molecule has 5 rings (SSSR count). The van der Waals surface area contributed by atoms with E-state index in [0.29, 0.717) is 5.69 Å². The summed E-state index contributed by atoms with van der Waals surface area (Å²) >= 11 is 0. The summed E-state index contributed by atoms with van der Waals surface area (Å²) in [4.78, 5) is 12.9. The number of nitrogens with one attached hydrogen (secondary N) is 1. The van der Waals surface area contributed by atoms with Gasteiger partial charge in [-0.15, -0.1) is 0 Å². The number of hydrogen-bond donors (Lipinski definition) is 1. The Balaban J connectivity index is 1.32. The highest BCUT2D eigenvalue weighted by Crippen LogP contribution is 2.42. The molecule has 2 aromatic heterocycles. The molecule has 2 aromatic carbocycles. The molecule has 9 heteroatoms. The normalized spacial score (nSPS) is 14.6. The van der Waals surface area contributed by atoms with Crippen LogP contribution in [0.3, 0.4) is 0 Å². The topological polar surface area (TPSA) is 64.7 Å². The van der Waals surface area contributed by atoms with Crippen molar-refractivity contribution in [3.05, 3.63) is 89.9 Å². The molecule has 1 aliphatic rings. The first-order valence-corrected chi connectivity index (χ1v) is 11.9. The van der Waals surface area contributed by atoms with Crippen LogP contribution in [0.1, 0.15) is 42.6 Å². The predicted molar refractivity (Wildman–Crippen MR) is 129 cm³/mol. The van der Waals surface area contributed by atoms with Gasteiger partial charge in [0.05, 0.1) is 23.8 Å². The minimum absolute atomic E-state index is 0.0844. The number of para-hydroxylation sites is 1. The highest BCUT2D eigenvalue weighted by molar-refractivity contribution is 5.78. The Morgan fingerprint density at radius 2 is 1.72 bits per heavy atom. The predicted octanol–water partition coefficient (Wildman–Crippen LogP) is 5.58. The van der Waals surface area contributed by atoms with E-state index in [1.165, 1.54) is 4.68 Å². The molecule has 1 fully saturated rings. The first kappa shape index (κ1) is 23.8. The van der Waals surface area contributed by atoms with Crippen molar-refractivity contribution in [3.8, 4) is 16.9 Å². The summed E-state index contributed by atoms with van der Waals surface area (Å²) in [5.74, 6) is -0.735. The van der Waals surface area contributed by atoms with Crippen molar-refractivity contribution in [3.63, 3.8) is 0 Å². The van der Waals surface area contributed by atoms with Gasteiger partial charge in [0, 0.05) is 35.5 Å². The summed E-state index contributed by atoms with van der Waals surface area (Å²) in [7, 11) is 0. The van der Waals surface area contributed by atoms with Gasteiger partial charge >= 0.3 is 6.18 Å². The Kier molecular flexibility index (Phi) is 6.38. The molecule has 0 bridgehead atoms. The fourth-order valence-corrected chi connectivity index (χ4v) is 4.21. The number of carbonyl (C=O) groups is 1. The van der Waals surface area contributed by atoms with E-state index in [1.807, 2.05) is 66.9 Å². The lowest BCUT2D eigenvalue weighted by atomic mass is 10.1. The summed E-state index contributed by atoms with van der Waals surface area (Å²) in [5.41, 5.74) is 3.06. The zero-order valence-corrected chi connectivity index (χ0v) is 19.7. The molecule has 186 valence electrons. The molecule has 1 N–H and O–H groups in total. The van der Waals surface area contributed by atoms with E-state index >= 15 is 0 Å². The van der Waals surface area contributed by atoms with Crippen LogP contribution in [0.15, 0.2) is 72.9 Å². The van der Waals surface area contributed by atoms with Crippen LogP contribution in [-0.2, 0) is 24.1 Å². The van der Waals surface area contributed by atoms with Crippen molar-refractivity contribution in [2.45, 2.75) is 44.9 Å². The standard InChI is InChI=1S/C27H26F3N5O/c1-18(16-35-23(19-12-13-19)14-24(32-35)27(28,29)30)26(36)31-15-21-17-34(22-10-6-3-7-11-22)33-25(21)20-8-4-2-5-9-20/h2-11,14,17-19H,12-13,15-16H2,1H3,(H,31,36). The zero-order chi connectivity index (χ0) is 25.3. The minimum atomic E-state index is -4.51. The Labute approximate surface area is 206 Å². The van der Waals surface area contributed by atoms with Gasteiger partial charge in [0.25, 0.3) is 0 Å². The van der Waals surface area contributed by atoms with Crippen molar-refractivity contribution >= 4 is 5.91 Å². The Hall–Kier alpha value is -3.88. The highest BCUT2D eigenvalue weighted by atomic mass is 19.4. The maximum absolute atomic E-state index is 13.2. The number of carbonyl (C=O) groups excluding carboxylic acids is 1. The SMILES string of the molecule is CC(Cn1nc(C(F)(F)F)cc1C1CC1)C(=O)NCc1cn(-c2ccccc2)nc1-c1ccccc1. The van der Waals surface area contributed by atoms with Gasteiger partial charge in [-0.2, -0.15) is 23.4 Å². The van der Waals surface area contributed by atoms with Gasteiger partial charge in [-0.3, -0.25) is 9.48 Å². The van der Waals surface area contributed by atoms with Crippen LogP contribution in [0.4, 0.5) is 13.2 Å². The summed E-state index contributed by atoms with van der Waals surface area (Å²) in [6.07, 6.45) is -0.932. The molecule has 0 saturated heterocycles. The number of rotatable bonds is 8. The van der Waals surface area contributed by atoms with Gasteiger partial charge in [0.1, 0.15) is 0 Å². The molecule has 0 aliphatic heterocycles. The van der Waals surface area contributed by atoms with Gasteiger partial charge < -0.3 is 5.32 Å². The van der Waals surface area contributed by atoms with Crippen LogP contribution in [0.5, 0.6) is 0 Å². The summed E-state index contributed by atoms with van der Waals surface area (Å²) in [6, 6.07) is 20.5. The van der Waals surface area contributed by atoms with Crippen LogP contribution >= 0.6 is 0 Å². The van der Waals surface area contributed by atoms with Crippen LogP contribution < -0.4 is 5.32 Å². The van der Waals surface area contributed by atoms with Crippen molar-refractivity contribution in [1.82, 2.24) is 24.9 Å². The molecule has 1 aliphatic carbocycles. The summed E-state index contributed by atoms with van der Waals surface area (Å²) in [5, 5.41) is 11.5. The quantitative estimate of drug-likeness (QED) is 0.348. The molecule has 1 amide bonds. The number of hydrogen-bond acceptors (Lipinski definition) is 3. The van der Waals surface area contributed by atoms with Crippen LogP contribution in [0.2, 0.25) is 0 Å². The van der Waals surface area contributed by atoms with Gasteiger partial charge in [-0.05, 0) is 31.0 Å². The lowest BCUT2D eigenvalue weighted by Gasteiger charge is -2.14. The second-order valence-electron chi connectivity index (χ2n) is 9.18. The maximum atomic E-state index is 13.2. The average Bonchev–Trinajstić information content (AvgIpc) is 3.48. The second kappa shape index (κ2) is 9.64. The number of halogens is 3. The lowest BCUT2D eigenvalue weighted by molar-refractivity contribution is -0.141. The number of amides is 1. The monoisotopic (exact) mass is 493 g/mol. The zero-order valence-electron chi connectivity index (χ0n) is 19.7. The third-order valence-corrected chi connectivity index (χ3v) is 6.30. The molecular formula is C27H26F3N5O. The average molecular weight is 494 g/mol. The van der Waals surface area contributed by atoms with Crippen LogP contribution in [-0.4, -0.2) is 25.5 Å². The Bertz CT molecular complexity index is 1340. The number of aromatic nitrogens is 4. The van der Waals surface area contributed by atoms with E-state index in [1.54, 1.807) is 11.6 Å². The molecule has 1 saturated carbocycles. The molecule has 4 aromatic rings. The van der Waals surface area contributed by atoms with Crippen molar-refractivity contribution in [1.29, 1.82) is 0 Å². The minimum Gasteiger partial charge on any atom is -0.352 e. The molecular weight excluding hydrogens is 467 g/mol. The van der Waals surface area contributed by atoms with E-state index in [4.69, 9.17) is 5.10 Å². The first-order chi connectivity index (χ1) is 17.3. The molecule has 1 atom stereocenters. The van der Waals surface area contributed by atoms with E-state index in [2.05, 4.69) is 10.4 Å². The van der Waals surface area contributed by atoms with Crippen molar-refractivity contribution in [2.75, 3.05) is 0 Å². The molecule has 0 radical (unpaired) electrons. The largest absolute Gasteiger partial charge is 0.435 e. The fraction of sp³-hybridized carbons (Fsp3) is 0.296. The van der Waals surface area contributed by atoms with Crippen molar-refractivity contribution < 1.29 is 18.0 Å². The summed E-state index contributed by atoms with van der Waals surface area (Å²) in [6.45, 7) is 2.03. The number of nitrogens with zero attached hydrogens (tertiary/aromatic N) is 4. The maximum Gasteiger partial charge on any atom is 0.435 e. The second-order valence-corrected chi connectivity index (χ2v) is 9.18. The summed E-state index contributed by atoms with van der Waals surface area (Å²) < 4.78 is 42.8. The molecule has 2 heterocycles.